The molecule has 0 aliphatic carbocycles. The Morgan fingerprint density at radius 2 is 2.07 bits per heavy atom. The Bertz CT molecular complexity index is 995. The minimum Gasteiger partial charge on any atom is -0.353 e. The van der Waals surface area contributed by atoms with E-state index in [-0.39, 0.29) is 30.7 Å². The van der Waals surface area contributed by atoms with Crippen molar-refractivity contribution < 1.29 is 14.4 Å². The summed E-state index contributed by atoms with van der Waals surface area (Å²) in [6.45, 7) is 1.45. The molecule has 4 rings (SSSR count). The smallest absolute Gasteiger partial charge is 0.254 e. The second-order valence-electron chi connectivity index (χ2n) is 6.55. The van der Waals surface area contributed by atoms with Crippen molar-refractivity contribution >= 4 is 34.0 Å². The van der Waals surface area contributed by atoms with Gasteiger partial charge in [-0.2, -0.15) is 0 Å². The van der Waals surface area contributed by atoms with Gasteiger partial charge in [0.05, 0.1) is 18.7 Å². The largest absolute Gasteiger partial charge is 0.353 e. The average molecular weight is 397 g/mol. The molecule has 0 spiro atoms. The minimum atomic E-state index is -0.162. The predicted molar refractivity (Wildman–Crippen MR) is 104 cm³/mol. The van der Waals surface area contributed by atoms with Gasteiger partial charge in [0.1, 0.15) is 0 Å². The van der Waals surface area contributed by atoms with Crippen molar-refractivity contribution in [1.82, 2.24) is 24.9 Å². The van der Waals surface area contributed by atoms with Gasteiger partial charge in [-0.15, -0.1) is 11.3 Å². The Balaban J connectivity index is 1.30. The molecule has 3 aromatic rings. The molecule has 1 aromatic carbocycles. The molecule has 0 bridgehead atoms. The SMILES string of the molecule is O=C(Cc1cn2ccsc2n1)NCc1ccc(C(=O)N2CCNC(=O)C2)cc1. The van der Waals surface area contributed by atoms with Gasteiger partial charge in [-0.05, 0) is 17.7 Å². The number of imidazole rings is 1. The summed E-state index contributed by atoms with van der Waals surface area (Å²) in [7, 11) is 0. The highest BCUT2D eigenvalue weighted by atomic mass is 32.1. The van der Waals surface area contributed by atoms with E-state index >= 15 is 0 Å². The number of fused-ring (bicyclic) bond motifs is 1. The van der Waals surface area contributed by atoms with Gasteiger partial charge in [-0.1, -0.05) is 12.1 Å². The number of thiazole rings is 1. The van der Waals surface area contributed by atoms with Crippen LogP contribution in [0.25, 0.3) is 4.96 Å². The summed E-state index contributed by atoms with van der Waals surface area (Å²) < 4.78 is 1.90. The maximum absolute atomic E-state index is 12.4. The number of piperazine rings is 1. The molecule has 1 fully saturated rings. The lowest BCUT2D eigenvalue weighted by atomic mass is 10.1. The first-order valence-electron chi connectivity index (χ1n) is 8.91. The van der Waals surface area contributed by atoms with Crippen LogP contribution in [0.15, 0.2) is 42.0 Å². The lowest BCUT2D eigenvalue weighted by Gasteiger charge is -2.26. The summed E-state index contributed by atoms with van der Waals surface area (Å²) in [5, 5.41) is 7.51. The number of hydrogen-bond acceptors (Lipinski definition) is 5. The molecular formula is C19H19N5O3S. The summed E-state index contributed by atoms with van der Waals surface area (Å²) >= 11 is 1.53. The zero-order valence-corrected chi connectivity index (χ0v) is 15.9. The third-order valence-electron chi connectivity index (χ3n) is 4.50. The van der Waals surface area contributed by atoms with E-state index in [1.165, 1.54) is 16.2 Å². The van der Waals surface area contributed by atoms with E-state index in [1.807, 2.05) is 34.3 Å². The van der Waals surface area contributed by atoms with Crippen LogP contribution < -0.4 is 10.6 Å². The monoisotopic (exact) mass is 397 g/mol. The second-order valence-corrected chi connectivity index (χ2v) is 7.43. The summed E-state index contributed by atoms with van der Waals surface area (Å²) in [5.74, 6) is -0.410. The number of carbonyl (C=O) groups is 3. The maximum atomic E-state index is 12.4. The van der Waals surface area contributed by atoms with E-state index in [4.69, 9.17) is 0 Å². The van der Waals surface area contributed by atoms with Crippen LogP contribution in [0.3, 0.4) is 0 Å². The van der Waals surface area contributed by atoms with Gasteiger partial charge < -0.3 is 15.5 Å². The van der Waals surface area contributed by atoms with E-state index in [0.29, 0.717) is 25.2 Å². The van der Waals surface area contributed by atoms with Crippen molar-refractivity contribution in [3.63, 3.8) is 0 Å². The number of aromatic nitrogens is 2. The number of rotatable bonds is 5. The molecule has 0 radical (unpaired) electrons. The van der Waals surface area contributed by atoms with Crippen molar-refractivity contribution in [2.45, 2.75) is 13.0 Å². The molecule has 0 saturated carbocycles. The van der Waals surface area contributed by atoms with E-state index in [2.05, 4.69) is 15.6 Å². The Morgan fingerprint density at radius 3 is 2.82 bits per heavy atom. The molecule has 1 aliphatic heterocycles. The fourth-order valence-corrected chi connectivity index (χ4v) is 3.77. The van der Waals surface area contributed by atoms with E-state index < -0.39 is 0 Å². The van der Waals surface area contributed by atoms with Crippen LogP contribution >= 0.6 is 11.3 Å². The second kappa shape index (κ2) is 7.81. The zero-order chi connectivity index (χ0) is 19.5. The fraction of sp³-hybridized carbons (Fsp3) is 0.263. The summed E-state index contributed by atoms with van der Waals surface area (Å²) in [6.07, 6.45) is 3.99. The number of carbonyl (C=O) groups excluding carboxylic acids is 3. The van der Waals surface area contributed by atoms with Gasteiger partial charge in [0.2, 0.25) is 11.8 Å². The topological polar surface area (TPSA) is 95.8 Å². The highest BCUT2D eigenvalue weighted by Crippen LogP contribution is 2.12. The van der Waals surface area contributed by atoms with Gasteiger partial charge in [-0.25, -0.2) is 4.98 Å². The molecular weight excluding hydrogens is 378 g/mol. The van der Waals surface area contributed by atoms with Gasteiger partial charge in [0.15, 0.2) is 4.96 Å². The normalized spacial score (nSPS) is 14.1. The average Bonchev–Trinajstić information content (AvgIpc) is 3.28. The van der Waals surface area contributed by atoms with Crippen LogP contribution in [0.5, 0.6) is 0 Å². The quantitative estimate of drug-likeness (QED) is 0.667. The van der Waals surface area contributed by atoms with Crippen molar-refractivity contribution in [2.75, 3.05) is 19.6 Å². The maximum Gasteiger partial charge on any atom is 0.254 e. The van der Waals surface area contributed by atoms with E-state index in [0.717, 1.165) is 16.2 Å². The molecule has 0 unspecified atom stereocenters. The van der Waals surface area contributed by atoms with Crippen molar-refractivity contribution in [3.8, 4) is 0 Å². The van der Waals surface area contributed by atoms with Crippen LogP contribution in [-0.2, 0) is 22.6 Å². The van der Waals surface area contributed by atoms with Crippen LogP contribution in [-0.4, -0.2) is 51.6 Å². The fourth-order valence-electron chi connectivity index (χ4n) is 3.05. The third kappa shape index (κ3) is 4.04. The lowest BCUT2D eigenvalue weighted by Crippen LogP contribution is -2.49. The molecule has 0 atom stereocenters. The summed E-state index contributed by atoms with van der Waals surface area (Å²) in [6, 6.07) is 7.06. The third-order valence-corrected chi connectivity index (χ3v) is 5.27. The molecule has 2 aromatic heterocycles. The first-order chi connectivity index (χ1) is 13.6. The highest BCUT2D eigenvalue weighted by molar-refractivity contribution is 7.15. The van der Waals surface area contributed by atoms with Crippen LogP contribution in [0.1, 0.15) is 21.6 Å². The van der Waals surface area contributed by atoms with Crippen molar-refractivity contribution in [3.05, 3.63) is 58.9 Å². The van der Waals surface area contributed by atoms with Gasteiger partial charge in [-0.3, -0.25) is 18.8 Å². The molecule has 144 valence electrons. The molecule has 1 saturated heterocycles. The standard InChI is InChI=1S/C19H19N5O3S/c25-16(9-15-11-24-7-8-28-19(24)22-15)21-10-13-1-3-14(4-2-13)18(27)23-6-5-20-17(26)12-23/h1-4,7-8,11H,5-6,9-10,12H2,(H,20,26)(H,21,25). The number of amides is 3. The van der Waals surface area contributed by atoms with Crippen LogP contribution in [0.4, 0.5) is 0 Å². The Morgan fingerprint density at radius 1 is 1.25 bits per heavy atom. The molecule has 1 aliphatic rings. The Hall–Kier alpha value is -3.20. The Labute approximate surface area is 165 Å². The highest BCUT2D eigenvalue weighted by Gasteiger charge is 2.22. The van der Waals surface area contributed by atoms with Crippen LogP contribution in [0, 0.1) is 0 Å². The molecule has 8 nitrogen and oxygen atoms in total. The number of nitrogens with zero attached hydrogens (tertiary/aromatic N) is 3. The molecule has 3 amide bonds. The molecule has 28 heavy (non-hydrogen) atoms. The predicted octanol–water partition coefficient (Wildman–Crippen LogP) is 0.827. The summed E-state index contributed by atoms with van der Waals surface area (Å²) in [4.78, 5) is 42.8. The number of nitrogens with one attached hydrogen (secondary N) is 2. The first-order valence-corrected chi connectivity index (χ1v) is 9.79. The van der Waals surface area contributed by atoms with Crippen molar-refractivity contribution in [2.24, 2.45) is 0 Å². The summed E-state index contributed by atoms with van der Waals surface area (Å²) in [5.41, 5.74) is 2.16. The van der Waals surface area contributed by atoms with Crippen molar-refractivity contribution in [1.29, 1.82) is 0 Å². The minimum absolute atomic E-state index is 0.0857. The molecule has 9 heteroatoms. The zero-order valence-electron chi connectivity index (χ0n) is 15.1. The molecule has 3 heterocycles. The van der Waals surface area contributed by atoms with E-state index in [1.54, 1.807) is 12.1 Å². The molecule has 2 N–H and O–H groups in total. The number of benzene rings is 1. The van der Waals surface area contributed by atoms with Gasteiger partial charge in [0, 0.05) is 43.0 Å². The Kier molecular flexibility index (Phi) is 5.07. The first kappa shape index (κ1) is 18.2. The van der Waals surface area contributed by atoms with Crippen LogP contribution in [0.2, 0.25) is 0 Å². The van der Waals surface area contributed by atoms with E-state index in [9.17, 15) is 14.4 Å². The van der Waals surface area contributed by atoms with Gasteiger partial charge in [0.25, 0.3) is 5.91 Å². The van der Waals surface area contributed by atoms with Gasteiger partial charge >= 0.3 is 0 Å². The lowest BCUT2D eigenvalue weighted by molar-refractivity contribution is -0.123. The number of hydrogen-bond donors (Lipinski definition) is 2.